The van der Waals surface area contributed by atoms with Crippen LogP contribution in [0.3, 0.4) is 0 Å². The highest BCUT2D eigenvalue weighted by Crippen LogP contribution is 2.23. The molecule has 0 aliphatic heterocycles. The molecule has 4 heteroatoms. The van der Waals surface area contributed by atoms with Gasteiger partial charge in [0.15, 0.2) is 0 Å². The highest BCUT2D eigenvalue weighted by molar-refractivity contribution is 6.38. The fraction of sp³-hybridized carbons (Fsp3) is 0. The van der Waals surface area contributed by atoms with Crippen LogP contribution in [0.2, 0.25) is 10.0 Å². The maximum absolute atomic E-state index is 6.00. The molecule has 0 N–H and O–H groups in total. The van der Waals surface area contributed by atoms with Gasteiger partial charge < -0.3 is 0 Å². The number of halogens is 2. The molecule has 0 aliphatic carbocycles. The zero-order valence-electron chi connectivity index (χ0n) is 8.27. The number of aliphatic imine (C=N–C) groups is 1. The van der Waals surface area contributed by atoms with E-state index in [2.05, 4.69) is 9.98 Å². The lowest BCUT2D eigenvalue weighted by molar-refractivity contribution is 1.31. The van der Waals surface area contributed by atoms with E-state index in [1.807, 2.05) is 12.1 Å². The van der Waals surface area contributed by atoms with Crippen LogP contribution in [-0.4, -0.2) is 11.2 Å². The summed E-state index contributed by atoms with van der Waals surface area (Å²) in [6.07, 6.45) is 5.00. The molecule has 0 radical (unpaired) electrons. The molecule has 0 aliphatic rings. The lowest BCUT2D eigenvalue weighted by Crippen LogP contribution is -1.84. The maximum atomic E-state index is 6.00. The predicted molar refractivity (Wildman–Crippen MR) is 68.0 cm³/mol. The fourth-order valence-electron chi connectivity index (χ4n) is 1.20. The van der Waals surface area contributed by atoms with Crippen LogP contribution >= 0.6 is 23.2 Å². The van der Waals surface area contributed by atoms with E-state index in [1.165, 1.54) is 0 Å². The average Bonchev–Trinajstić information content (AvgIpc) is 2.30. The summed E-state index contributed by atoms with van der Waals surface area (Å²) in [4.78, 5) is 8.20. The van der Waals surface area contributed by atoms with E-state index in [1.54, 1.807) is 36.8 Å². The van der Waals surface area contributed by atoms with Crippen LogP contribution in [0.15, 0.2) is 47.7 Å². The molecule has 0 fully saturated rings. The van der Waals surface area contributed by atoms with Crippen molar-refractivity contribution in [2.75, 3.05) is 0 Å². The molecule has 0 bridgehead atoms. The van der Waals surface area contributed by atoms with Gasteiger partial charge in [-0.1, -0.05) is 29.3 Å². The Morgan fingerprint density at radius 3 is 2.44 bits per heavy atom. The topological polar surface area (TPSA) is 25.2 Å². The minimum Gasteiger partial charge on any atom is -0.262 e. The van der Waals surface area contributed by atoms with Crippen molar-refractivity contribution in [1.82, 2.24) is 4.98 Å². The largest absolute Gasteiger partial charge is 0.262 e. The van der Waals surface area contributed by atoms with Crippen LogP contribution in [-0.2, 0) is 0 Å². The summed E-state index contributed by atoms with van der Waals surface area (Å²) in [5, 5.41) is 1.17. The Hall–Kier alpha value is -1.38. The Morgan fingerprint density at radius 2 is 1.81 bits per heavy atom. The SMILES string of the molecule is Clc1cccc(Cl)c1/C=N/c1cccnc1. The van der Waals surface area contributed by atoms with Gasteiger partial charge in [-0.2, -0.15) is 0 Å². The maximum Gasteiger partial charge on any atom is 0.0813 e. The second kappa shape index (κ2) is 5.10. The molecule has 80 valence electrons. The molecule has 1 heterocycles. The standard InChI is InChI=1S/C12H8Cl2N2/c13-11-4-1-5-12(14)10(11)8-16-9-3-2-6-15-7-9/h1-8H/b16-8+. The van der Waals surface area contributed by atoms with Crippen molar-refractivity contribution in [3.63, 3.8) is 0 Å². The lowest BCUT2D eigenvalue weighted by Gasteiger charge is -1.99. The van der Waals surface area contributed by atoms with E-state index in [0.717, 1.165) is 11.3 Å². The Bertz CT molecular complexity index is 489. The fourth-order valence-corrected chi connectivity index (χ4v) is 1.70. The molecule has 2 aromatic rings. The number of pyridine rings is 1. The molecule has 2 rings (SSSR count). The van der Waals surface area contributed by atoms with E-state index in [9.17, 15) is 0 Å². The zero-order chi connectivity index (χ0) is 11.4. The first-order chi connectivity index (χ1) is 7.77. The van der Waals surface area contributed by atoms with E-state index in [4.69, 9.17) is 23.2 Å². The molecule has 2 nitrogen and oxygen atoms in total. The number of benzene rings is 1. The van der Waals surface area contributed by atoms with Gasteiger partial charge in [0.25, 0.3) is 0 Å². The van der Waals surface area contributed by atoms with Crippen LogP contribution in [0.5, 0.6) is 0 Å². The third kappa shape index (κ3) is 2.60. The van der Waals surface area contributed by atoms with Gasteiger partial charge in [0.1, 0.15) is 0 Å². The first kappa shape index (κ1) is 11.1. The van der Waals surface area contributed by atoms with Crippen molar-refractivity contribution in [3.05, 3.63) is 58.3 Å². The Kier molecular flexibility index (Phi) is 3.54. The van der Waals surface area contributed by atoms with Gasteiger partial charge in [-0.25, -0.2) is 0 Å². The molecule has 1 aromatic heterocycles. The molecule has 0 saturated heterocycles. The van der Waals surface area contributed by atoms with E-state index >= 15 is 0 Å². The molecule has 16 heavy (non-hydrogen) atoms. The molecular formula is C12H8Cl2N2. The van der Waals surface area contributed by atoms with Crippen LogP contribution in [0.25, 0.3) is 0 Å². The van der Waals surface area contributed by atoms with Crippen molar-refractivity contribution in [1.29, 1.82) is 0 Å². The van der Waals surface area contributed by atoms with Crippen molar-refractivity contribution in [2.45, 2.75) is 0 Å². The Morgan fingerprint density at radius 1 is 1.06 bits per heavy atom. The van der Waals surface area contributed by atoms with Gasteiger partial charge in [0.05, 0.1) is 21.9 Å². The summed E-state index contributed by atoms with van der Waals surface area (Å²) in [6, 6.07) is 9.03. The van der Waals surface area contributed by atoms with Crippen molar-refractivity contribution < 1.29 is 0 Å². The summed E-state index contributed by atoms with van der Waals surface area (Å²) < 4.78 is 0. The highest BCUT2D eigenvalue weighted by atomic mass is 35.5. The van der Waals surface area contributed by atoms with Gasteiger partial charge >= 0.3 is 0 Å². The molecule has 0 unspecified atom stereocenters. The van der Waals surface area contributed by atoms with Crippen molar-refractivity contribution in [3.8, 4) is 0 Å². The number of nitrogens with zero attached hydrogens (tertiary/aromatic N) is 2. The van der Waals surface area contributed by atoms with E-state index in [-0.39, 0.29) is 0 Å². The van der Waals surface area contributed by atoms with Crippen LogP contribution in [0.1, 0.15) is 5.56 Å². The summed E-state index contributed by atoms with van der Waals surface area (Å²) >= 11 is 12.0. The lowest BCUT2D eigenvalue weighted by atomic mass is 10.2. The van der Waals surface area contributed by atoms with Gasteiger partial charge in [-0.15, -0.1) is 0 Å². The first-order valence-corrected chi connectivity index (χ1v) is 5.41. The second-order valence-electron chi connectivity index (χ2n) is 3.10. The normalized spacial score (nSPS) is 10.9. The van der Waals surface area contributed by atoms with Gasteiger partial charge in [0, 0.05) is 18.0 Å². The second-order valence-corrected chi connectivity index (χ2v) is 3.92. The van der Waals surface area contributed by atoms with Gasteiger partial charge in [-0.3, -0.25) is 9.98 Å². The minimum absolute atomic E-state index is 0.583. The van der Waals surface area contributed by atoms with Crippen molar-refractivity contribution in [2.24, 2.45) is 4.99 Å². The van der Waals surface area contributed by atoms with Gasteiger partial charge in [-0.05, 0) is 24.3 Å². The average molecular weight is 251 g/mol. The zero-order valence-corrected chi connectivity index (χ0v) is 9.78. The highest BCUT2D eigenvalue weighted by Gasteiger charge is 2.01. The summed E-state index contributed by atoms with van der Waals surface area (Å²) in [7, 11) is 0. The number of hydrogen-bond donors (Lipinski definition) is 0. The first-order valence-electron chi connectivity index (χ1n) is 4.65. The number of rotatable bonds is 2. The smallest absolute Gasteiger partial charge is 0.0813 e. The number of hydrogen-bond acceptors (Lipinski definition) is 2. The molecule has 1 aromatic carbocycles. The molecule has 0 atom stereocenters. The third-order valence-electron chi connectivity index (χ3n) is 1.99. The quantitative estimate of drug-likeness (QED) is 0.736. The van der Waals surface area contributed by atoms with Crippen LogP contribution in [0, 0.1) is 0 Å². The van der Waals surface area contributed by atoms with Gasteiger partial charge in [0.2, 0.25) is 0 Å². The number of aromatic nitrogens is 1. The van der Waals surface area contributed by atoms with Crippen molar-refractivity contribution >= 4 is 35.1 Å². The third-order valence-corrected chi connectivity index (χ3v) is 2.65. The molecule has 0 spiro atoms. The van der Waals surface area contributed by atoms with Crippen LogP contribution in [0.4, 0.5) is 5.69 Å². The molecule has 0 saturated carbocycles. The molecular weight excluding hydrogens is 243 g/mol. The monoisotopic (exact) mass is 250 g/mol. The Balaban J connectivity index is 2.31. The predicted octanol–water partition coefficient (Wildman–Crippen LogP) is 4.14. The summed E-state index contributed by atoms with van der Waals surface area (Å²) in [6.45, 7) is 0. The van der Waals surface area contributed by atoms with Crippen LogP contribution < -0.4 is 0 Å². The molecule has 0 amide bonds. The Labute approximate surface area is 104 Å². The van der Waals surface area contributed by atoms with E-state index in [0.29, 0.717) is 10.0 Å². The summed E-state index contributed by atoms with van der Waals surface area (Å²) in [5.41, 5.74) is 1.48. The van der Waals surface area contributed by atoms with E-state index < -0.39 is 0 Å². The minimum atomic E-state index is 0.583. The summed E-state index contributed by atoms with van der Waals surface area (Å²) in [5.74, 6) is 0.